The molecule has 1 aliphatic carbocycles. The molecule has 0 radical (unpaired) electrons. The Bertz CT molecular complexity index is 332. The highest BCUT2D eigenvalue weighted by atomic mass is 32.2. The lowest BCUT2D eigenvalue weighted by molar-refractivity contribution is 0.334. The molecule has 1 saturated carbocycles. The molecule has 1 saturated heterocycles. The number of hydrogen-bond donors (Lipinski definition) is 1. The molecule has 0 spiro atoms. The van der Waals surface area contributed by atoms with Crippen molar-refractivity contribution in [3.63, 3.8) is 0 Å². The Morgan fingerprint density at radius 3 is 2.60 bits per heavy atom. The minimum atomic E-state index is -2.77. The average molecular weight is 231 g/mol. The number of sulfone groups is 1. The number of rotatable bonds is 3. The maximum atomic E-state index is 11.5. The Balaban J connectivity index is 1.89. The zero-order chi connectivity index (χ0) is 11.1. The van der Waals surface area contributed by atoms with E-state index in [9.17, 15) is 8.42 Å². The lowest BCUT2D eigenvalue weighted by atomic mass is 9.99. The topological polar surface area (TPSA) is 46.2 Å². The van der Waals surface area contributed by atoms with Gasteiger partial charge in [-0.15, -0.1) is 0 Å². The van der Waals surface area contributed by atoms with E-state index in [1.54, 1.807) is 0 Å². The summed E-state index contributed by atoms with van der Waals surface area (Å²) >= 11 is 0. The quantitative estimate of drug-likeness (QED) is 0.797. The van der Waals surface area contributed by atoms with Crippen molar-refractivity contribution >= 4 is 9.84 Å². The number of hydrogen-bond acceptors (Lipinski definition) is 3. The van der Waals surface area contributed by atoms with E-state index >= 15 is 0 Å². The Labute approximate surface area is 92.6 Å². The average Bonchev–Trinajstić information content (AvgIpc) is 2.83. The first kappa shape index (κ1) is 11.4. The minimum Gasteiger partial charge on any atom is -0.310 e. The molecule has 2 rings (SSSR count). The fourth-order valence-corrected chi connectivity index (χ4v) is 3.99. The van der Waals surface area contributed by atoms with Gasteiger partial charge in [-0.05, 0) is 38.0 Å². The van der Waals surface area contributed by atoms with E-state index in [2.05, 4.69) is 19.2 Å². The summed E-state index contributed by atoms with van der Waals surface area (Å²) in [5.41, 5.74) is 0.432. The van der Waals surface area contributed by atoms with E-state index in [0.717, 1.165) is 12.8 Å². The van der Waals surface area contributed by atoms with Crippen LogP contribution in [-0.2, 0) is 9.84 Å². The molecule has 2 fully saturated rings. The summed E-state index contributed by atoms with van der Waals surface area (Å²) in [5.74, 6) is 0.726. The first-order chi connectivity index (χ1) is 6.91. The van der Waals surface area contributed by atoms with Crippen molar-refractivity contribution in [3.05, 3.63) is 0 Å². The van der Waals surface area contributed by atoms with Crippen LogP contribution in [0.25, 0.3) is 0 Å². The van der Waals surface area contributed by atoms with Crippen molar-refractivity contribution in [1.82, 2.24) is 5.32 Å². The molecule has 1 aliphatic heterocycles. The molecule has 2 atom stereocenters. The molecule has 15 heavy (non-hydrogen) atoms. The van der Waals surface area contributed by atoms with Crippen LogP contribution in [0.1, 0.15) is 39.5 Å². The lowest BCUT2D eigenvalue weighted by Crippen LogP contribution is -2.46. The highest BCUT2D eigenvalue weighted by molar-refractivity contribution is 7.91. The molecular formula is C11H21NO2S. The third-order valence-electron chi connectivity index (χ3n) is 4.03. The molecule has 3 nitrogen and oxygen atoms in total. The van der Waals surface area contributed by atoms with E-state index in [-0.39, 0.29) is 6.04 Å². The van der Waals surface area contributed by atoms with Gasteiger partial charge in [0.2, 0.25) is 0 Å². The predicted molar refractivity (Wildman–Crippen MR) is 61.6 cm³/mol. The van der Waals surface area contributed by atoms with Gasteiger partial charge in [-0.2, -0.15) is 0 Å². The molecule has 2 unspecified atom stereocenters. The van der Waals surface area contributed by atoms with Crippen LogP contribution in [0.2, 0.25) is 0 Å². The van der Waals surface area contributed by atoms with Crippen molar-refractivity contribution in [2.24, 2.45) is 5.41 Å². The van der Waals surface area contributed by atoms with Gasteiger partial charge >= 0.3 is 0 Å². The van der Waals surface area contributed by atoms with Gasteiger partial charge in [0.05, 0.1) is 11.5 Å². The van der Waals surface area contributed by atoms with Crippen molar-refractivity contribution < 1.29 is 8.42 Å². The third kappa shape index (κ3) is 2.72. The highest BCUT2D eigenvalue weighted by Crippen LogP contribution is 2.48. The normalized spacial score (nSPS) is 34.7. The molecular weight excluding hydrogens is 210 g/mol. The van der Waals surface area contributed by atoms with Crippen LogP contribution < -0.4 is 5.32 Å². The first-order valence-electron chi connectivity index (χ1n) is 5.88. The SMILES string of the molecule is CC(NC1CCCS(=O)(=O)C1)C1(C)CC1. The summed E-state index contributed by atoms with van der Waals surface area (Å²) in [4.78, 5) is 0. The lowest BCUT2D eigenvalue weighted by Gasteiger charge is -2.29. The molecule has 0 aromatic heterocycles. The molecule has 1 heterocycles. The van der Waals surface area contributed by atoms with E-state index in [4.69, 9.17) is 0 Å². The van der Waals surface area contributed by atoms with Crippen LogP contribution in [0.4, 0.5) is 0 Å². The summed E-state index contributed by atoms with van der Waals surface area (Å²) in [6, 6.07) is 0.645. The van der Waals surface area contributed by atoms with Crippen LogP contribution in [0.5, 0.6) is 0 Å². The van der Waals surface area contributed by atoms with Crippen molar-refractivity contribution in [2.45, 2.75) is 51.6 Å². The highest BCUT2D eigenvalue weighted by Gasteiger charge is 2.43. The Morgan fingerprint density at radius 2 is 2.07 bits per heavy atom. The summed E-state index contributed by atoms with van der Waals surface area (Å²) in [5, 5.41) is 3.50. The van der Waals surface area contributed by atoms with Gasteiger partial charge in [0.1, 0.15) is 0 Å². The zero-order valence-corrected chi connectivity index (χ0v) is 10.4. The fraction of sp³-hybridized carbons (Fsp3) is 1.00. The molecule has 4 heteroatoms. The zero-order valence-electron chi connectivity index (χ0n) is 9.62. The minimum absolute atomic E-state index is 0.191. The van der Waals surface area contributed by atoms with Crippen LogP contribution in [-0.4, -0.2) is 32.0 Å². The van der Waals surface area contributed by atoms with Gasteiger partial charge in [-0.25, -0.2) is 8.42 Å². The Kier molecular flexibility index (Phi) is 2.84. The second-order valence-electron chi connectivity index (χ2n) is 5.50. The Hall–Kier alpha value is -0.0900. The van der Waals surface area contributed by atoms with Crippen LogP contribution in [0.15, 0.2) is 0 Å². The molecule has 2 aliphatic rings. The monoisotopic (exact) mass is 231 g/mol. The molecule has 88 valence electrons. The van der Waals surface area contributed by atoms with Crippen molar-refractivity contribution in [2.75, 3.05) is 11.5 Å². The maximum absolute atomic E-state index is 11.5. The summed E-state index contributed by atoms with van der Waals surface area (Å²) in [7, 11) is -2.77. The molecule has 0 aromatic carbocycles. The van der Waals surface area contributed by atoms with Crippen molar-refractivity contribution in [1.29, 1.82) is 0 Å². The molecule has 0 bridgehead atoms. The van der Waals surface area contributed by atoms with Gasteiger partial charge in [0.15, 0.2) is 9.84 Å². The third-order valence-corrected chi connectivity index (χ3v) is 5.85. The summed E-state index contributed by atoms with van der Waals surface area (Å²) in [6.07, 6.45) is 4.39. The van der Waals surface area contributed by atoms with E-state index in [1.807, 2.05) is 0 Å². The molecule has 1 N–H and O–H groups in total. The van der Waals surface area contributed by atoms with Crippen LogP contribution >= 0.6 is 0 Å². The fourth-order valence-electron chi connectivity index (χ4n) is 2.34. The van der Waals surface area contributed by atoms with Crippen molar-refractivity contribution in [3.8, 4) is 0 Å². The molecule has 0 aromatic rings. The van der Waals surface area contributed by atoms with Gasteiger partial charge in [-0.3, -0.25) is 0 Å². The summed E-state index contributed by atoms with van der Waals surface area (Å²) in [6.45, 7) is 4.47. The van der Waals surface area contributed by atoms with E-state index in [1.165, 1.54) is 12.8 Å². The Morgan fingerprint density at radius 1 is 1.40 bits per heavy atom. The first-order valence-corrected chi connectivity index (χ1v) is 7.70. The standard InChI is InChI=1S/C11H21NO2S/c1-9(11(2)5-6-11)12-10-4-3-7-15(13,14)8-10/h9-10,12H,3-8H2,1-2H3. The smallest absolute Gasteiger partial charge is 0.151 e. The van der Waals surface area contributed by atoms with E-state index in [0.29, 0.717) is 23.0 Å². The van der Waals surface area contributed by atoms with Gasteiger partial charge < -0.3 is 5.32 Å². The van der Waals surface area contributed by atoms with Gasteiger partial charge in [-0.1, -0.05) is 6.92 Å². The van der Waals surface area contributed by atoms with Crippen LogP contribution in [0, 0.1) is 5.41 Å². The maximum Gasteiger partial charge on any atom is 0.151 e. The van der Waals surface area contributed by atoms with E-state index < -0.39 is 9.84 Å². The second kappa shape index (κ2) is 3.74. The predicted octanol–water partition coefficient (Wildman–Crippen LogP) is 1.34. The van der Waals surface area contributed by atoms with Gasteiger partial charge in [0.25, 0.3) is 0 Å². The molecule has 0 amide bonds. The largest absolute Gasteiger partial charge is 0.310 e. The van der Waals surface area contributed by atoms with Gasteiger partial charge in [0, 0.05) is 12.1 Å². The second-order valence-corrected chi connectivity index (χ2v) is 7.72. The summed E-state index contributed by atoms with van der Waals surface area (Å²) < 4.78 is 22.9. The van der Waals surface area contributed by atoms with Crippen LogP contribution in [0.3, 0.4) is 0 Å². The number of nitrogens with one attached hydrogen (secondary N) is 1.